The smallest absolute Gasteiger partial charge is 0.168 e. The summed E-state index contributed by atoms with van der Waals surface area (Å²) in [4.78, 5) is 0. The number of rotatable bonds is 4. The Bertz CT molecular complexity index is 697. The molecule has 5 rings (SSSR count). The maximum Gasteiger partial charge on any atom is 0.168 e. The highest BCUT2D eigenvalue weighted by Crippen LogP contribution is 2.66. The van der Waals surface area contributed by atoms with E-state index >= 15 is 0 Å². The van der Waals surface area contributed by atoms with Crippen molar-refractivity contribution in [3.63, 3.8) is 0 Å². The van der Waals surface area contributed by atoms with E-state index in [1.54, 1.807) is 0 Å². The van der Waals surface area contributed by atoms with Crippen molar-refractivity contribution in [2.45, 2.75) is 109 Å². The lowest BCUT2D eigenvalue weighted by Gasteiger charge is -2.60. The Morgan fingerprint density at radius 3 is 2.55 bits per heavy atom. The lowest BCUT2D eigenvalue weighted by Crippen LogP contribution is -2.57. The van der Waals surface area contributed by atoms with Crippen LogP contribution >= 0.6 is 0 Å². The Kier molecular flexibility index (Phi) is 5.85. The van der Waals surface area contributed by atoms with Crippen molar-refractivity contribution < 1.29 is 19.7 Å². The van der Waals surface area contributed by atoms with Gasteiger partial charge in [-0.15, -0.1) is 0 Å². The highest BCUT2D eigenvalue weighted by Gasteiger charge is 2.62. The molecule has 0 spiro atoms. The van der Waals surface area contributed by atoms with Crippen LogP contribution < -0.4 is 0 Å². The Morgan fingerprint density at radius 2 is 1.84 bits per heavy atom. The molecule has 0 radical (unpaired) electrons. The SMILES string of the molecule is COC1(OC2CC[C@H]3[C@@H]4CC=C5CC(O)CC(C)[C@]5(CO)[C@@H]4CC[C@]23C)CCCCC1. The van der Waals surface area contributed by atoms with Crippen LogP contribution in [-0.2, 0) is 9.47 Å². The van der Waals surface area contributed by atoms with Gasteiger partial charge < -0.3 is 19.7 Å². The molecule has 176 valence electrons. The molecule has 2 N–H and O–H groups in total. The fraction of sp³-hybridized carbons (Fsp3) is 0.926. The number of hydrogen-bond acceptors (Lipinski definition) is 4. The molecule has 0 amide bonds. The fourth-order valence-corrected chi connectivity index (χ4v) is 9.11. The molecule has 3 unspecified atom stereocenters. The van der Waals surface area contributed by atoms with Gasteiger partial charge in [-0.25, -0.2) is 0 Å². The van der Waals surface area contributed by atoms with Crippen LogP contribution in [0.5, 0.6) is 0 Å². The minimum atomic E-state index is -0.363. The molecule has 5 aliphatic carbocycles. The van der Waals surface area contributed by atoms with Crippen molar-refractivity contribution in [3.05, 3.63) is 11.6 Å². The van der Waals surface area contributed by atoms with E-state index in [1.807, 2.05) is 7.11 Å². The van der Waals surface area contributed by atoms with Crippen molar-refractivity contribution in [2.75, 3.05) is 13.7 Å². The summed E-state index contributed by atoms with van der Waals surface area (Å²) in [6, 6.07) is 0. The predicted molar refractivity (Wildman–Crippen MR) is 121 cm³/mol. The van der Waals surface area contributed by atoms with Crippen LogP contribution in [0.1, 0.15) is 90.9 Å². The first kappa shape index (κ1) is 22.4. The van der Waals surface area contributed by atoms with Crippen molar-refractivity contribution >= 4 is 0 Å². The molecule has 0 aromatic rings. The molecule has 0 aromatic carbocycles. The molecule has 4 fully saturated rings. The molecule has 31 heavy (non-hydrogen) atoms. The topological polar surface area (TPSA) is 58.9 Å². The summed E-state index contributed by atoms with van der Waals surface area (Å²) in [6.45, 7) is 5.01. The number of ether oxygens (including phenoxy) is 2. The van der Waals surface area contributed by atoms with E-state index in [9.17, 15) is 10.2 Å². The van der Waals surface area contributed by atoms with Crippen molar-refractivity contribution in [3.8, 4) is 0 Å². The van der Waals surface area contributed by atoms with Gasteiger partial charge in [-0.05, 0) is 86.9 Å². The third kappa shape index (κ3) is 3.30. The molecule has 0 saturated heterocycles. The monoisotopic (exact) mass is 432 g/mol. The Hall–Kier alpha value is -0.420. The number of fused-ring (bicyclic) bond motifs is 5. The largest absolute Gasteiger partial charge is 0.395 e. The van der Waals surface area contributed by atoms with E-state index in [0.717, 1.165) is 38.5 Å². The summed E-state index contributed by atoms with van der Waals surface area (Å²) >= 11 is 0. The normalized spacial score (nSPS) is 49.0. The standard InChI is InChI=1S/C27H44O4/c1-18-15-20(29)16-19-7-8-21-22-9-10-24(31-26(30-3)12-5-4-6-13-26)25(22,2)14-11-23(21)27(18,19)17-28/h7,18,20-24,28-29H,4-6,8-17H2,1-3H3/t18?,20?,21-,22-,23+,24?,25-,27-/m0/s1. The van der Waals surface area contributed by atoms with Crippen LogP contribution in [0.3, 0.4) is 0 Å². The van der Waals surface area contributed by atoms with Crippen molar-refractivity contribution in [1.82, 2.24) is 0 Å². The molecule has 0 heterocycles. The van der Waals surface area contributed by atoms with E-state index in [-0.39, 0.29) is 35.4 Å². The van der Waals surface area contributed by atoms with Crippen LogP contribution in [-0.4, -0.2) is 41.9 Å². The molecule has 8 atom stereocenters. The van der Waals surface area contributed by atoms with E-state index in [0.29, 0.717) is 23.7 Å². The summed E-state index contributed by atoms with van der Waals surface area (Å²) in [6.07, 6.45) is 15.7. The van der Waals surface area contributed by atoms with E-state index < -0.39 is 0 Å². The van der Waals surface area contributed by atoms with Gasteiger partial charge in [-0.3, -0.25) is 0 Å². The molecule has 0 aromatic heterocycles. The molecule has 4 heteroatoms. The molecule has 0 aliphatic heterocycles. The number of hydrogen-bond donors (Lipinski definition) is 2. The molecule has 0 bridgehead atoms. The van der Waals surface area contributed by atoms with Crippen LogP contribution in [0.25, 0.3) is 0 Å². The zero-order valence-electron chi connectivity index (χ0n) is 19.9. The van der Waals surface area contributed by atoms with Gasteiger partial charge in [0.1, 0.15) is 0 Å². The molecular weight excluding hydrogens is 388 g/mol. The number of aliphatic hydroxyl groups excluding tert-OH is 2. The zero-order chi connectivity index (χ0) is 21.9. The van der Waals surface area contributed by atoms with Crippen molar-refractivity contribution in [1.29, 1.82) is 0 Å². The first-order valence-electron chi connectivity index (χ1n) is 13.1. The van der Waals surface area contributed by atoms with Crippen LogP contribution in [0.2, 0.25) is 0 Å². The van der Waals surface area contributed by atoms with Crippen molar-refractivity contribution in [2.24, 2.45) is 34.5 Å². The Morgan fingerprint density at radius 1 is 1.06 bits per heavy atom. The maximum atomic E-state index is 10.7. The quantitative estimate of drug-likeness (QED) is 0.472. The Labute approximate surface area is 188 Å². The van der Waals surface area contributed by atoms with E-state index in [2.05, 4.69) is 19.9 Å². The average molecular weight is 433 g/mol. The second-order valence-electron chi connectivity index (χ2n) is 11.9. The van der Waals surface area contributed by atoms with E-state index in [1.165, 1.54) is 44.1 Å². The zero-order valence-corrected chi connectivity index (χ0v) is 19.9. The first-order chi connectivity index (χ1) is 14.9. The molecule has 4 saturated carbocycles. The van der Waals surface area contributed by atoms with Gasteiger partial charge in [0.05, 0.1) is 18.8 Å². The maximum absolute atomic E-state index is 10.7. The Balaban J connectivity index is 1.41. The lowest BCUT2D eigenvalue weighted by atomic mass is 9.45. The second-order valence-corrected chi connectivity index (χ2v) is 11.9. The third-order valence-electron chi connectivity index (χ3n) is 10.8. The van der Waals surface area contributed by atoms with E-state index in [4.69, 9.17) is 9.47 Å². The van der Waals surface area contributed by atoms with Gasteiger partial charge >= 0.3 is 0 Å². The number of allylic oxidation sites excluding steroid dienone is 1. The van der Waals surface area contributed by atoms with Gasteiger partial charge in [-0.1, -0.05) is 31.9 Å². The highest BCUT2D eigenvalue weighted by molar-refractivity contribution is 5.28. The molecule has 4 nitrogen and oxygen atoms in total. The minimum absolute atomic E-state index is 0.112. The summed E-state index contributed by atoms with van der Waals surface area (Å²) in [7, 11) is 1.84. The minimum Gasteiger partial charge on any atom is -0.395 e. The summed E-state index contributed by atoms with van der Waals surface area (Å²) in [5.41, 5.74) is 1.46. The molecule has 5 aliphatic rings. The summed E-state index contributed by atoms with van der Waals surface area (Å²) < 4.78 is 12.9. The van der Waals surface area contributed by atoms with Crippen LogP contribution in [0.15, 0.2) is 11.6 Å². The van der Waals surface area contributed by atoms with Gasteiger partial charge in [-0.2, -0.15) is 0 Å². The van der Waals surface area contributed by atoms with Crippen LogP contribution in [0, 0.1) is 34.5 Å². The highest BCUT2D eigenvalue weighted by atomic mass is 16.7. The third-order valence-corrected chi connectivity index (χ3v) is 10.8. The number of methoxy groups -OCH3 is 1. The van der Waals surface area contributed by atoms with Gasteiger partial charge in [0.25, 0.3) is 0 Å². The van der Waals surface area contributed by atoms with Crippen LogP contribution in [0.4, 0.5) is 0 Å². The predicted octanol–water partition coefficient (Wildman–Crippen LogP) is 5.22. The second kappa shape index (κ2) is 8.11. The summed E-state index contributed by atoms with van der Waals surface area (Å²) in [5.74, 6) is 1.82. The lowest BCUT2D eigenvalue weighted by molar-refractivity contribution is -0.280. The summed E-state index contributed by atoms with van der Waals surface area (Å²) in [5, 5.41) is 21.2. The average Bonchev–Trinajstić information content (AvgIpc) is 3.10. The number of aliphatic hydroxyl groups is 2. The van der Waals surface area contributed by atoms with Gasteiger partial charge in [0.2, 0.25) is 0 Å². The molecular formula is C27H44O4. The fourth-order valence-electron chi connectivity index (χ4n) is 9.11. The van der Waals surface area contributed by atoms with Gasteiger partial charge in [0, 0.05) is 25.4 Å². The first-order valence-corrected chi connectivity index (χ1v) is 13.1. The van der Waals surface area contributed by atoms with Gasteiger partial charge in [0.15, 0.2) is 5.79 Å².